The Balaban J connectivity index is 1.74. The van der Waals surface area contributed by atoms with Crippen molar-refractivity contribution in [3.8, 4) is 11.4 Å². The van der Waals surface area contributed by atoms with Gasteiger partial charge in [-0.05, 0) is 17.7 Å². The molecule has 1 aromatic heterocycles. The minimum Gasteiger partial charge on any atom is -0.338 e. The Morgan fingerprint density at radius 2 is 1.78 bits per heavy atom. The zero-order chi connectivity index (χ0) is 19.3. The Hall–Kier alpha value is -2.71. The van der Waals surface area contributed by atoms with Crippen LogP contribution in [0.3, 0.4) is 0 Å². The third kappa shape index (κ3) is 5.15. The van der Waals surface area contributed by atoms with Crippen molar-refractivity contribution in [2.75, 3.05) is 13.1 Å². The van der Waals surface area contributed by atoms with Crippen molar-refractivity contribution in [3.63, 3.8) is 0 Å². The van der Waals surface area contributed by atoms with Gasteiger partial charge in [-0.3, -0.25) is 4.90 Å². The van der Waals surface area contributed by atoms with E-state index in [1.165, 1.54) is 12.1 Å². The van der Waals surface area contributed by atoms with Crippen LogP contribution in [-0.4, -0.2) is 28.1 Å². The van der Waals surface area contributed by atoms with Crippen LogP contribution in [-0.2, 0) is 19.3 Å². The van der Waals surface area contributed by atoms with Crippen molar-refractivity contribution in [1.82, 2.24) is 15.0 Å². The molecule has 0 amide bonds. The number of hydrogen-bond donors (Lipinski definition) is 1. The average Bonchev–Trinajstić information content (AvgIpc) is 3.11. The van der Waals surface area contributed by atoms with E-state index < -0.39 is 11.7 Å². The first kappa shape index (κ1) is 19.1. The van der Waals surface area contributed by atoms with E-state index in [4.69, 9.17) is 10.3 Å². The fourth-order valence-electron chi connectivity index (χ4n) is 2.70. The summed E-state index contributed by atoms with van der Waals surface area (Å²) in [5.74, 6) is 0.454. The van der Waals surface area contributed by atoms with E-state index >= 15 is 0 Å². The molecule has 0 unspecified atom stereocenters. The summed E-state index contributed by atoms with van der Waals surface area (Å²) in [7, 11) is 0. The first-order valence-electron chi connectivity index (χ1n) is 8.42. The van der Waals surface area contributed by atoms with Gasteiger partial charge in [0.25, 0.3) is 0 Å². The Kier molecular flexibility index (Phi) is 5.88. The lowest BCUT2D eigenvalue weighted by atomic mass is 10.1. The zero-order valence-electron chi connectivity index (χ0n) is 14.5. The lowest BCUT2D eigenvalue weighted by Crippen LogP contribution is -2.28. The Bertz CT molecular complexity index is 865. The molecule has 0 saturated carbocycles. The summed E-state index contributed by atoms with van der Waals surface area (Å²) in [6, 6.07) is 14.7. The number of rotatable bonds is 7. The molecule has 0 aliphatic rings. The number of halogens is 3. The highest BCUT2D eigenvalue weighted by molar-refractivity contribution is 5.55. The second-order valence-electron chi connectivity index (χ2n) is 6.08. The highest BCUT2D eigenvalue weighted by atomic mass is 19.4. The topological polar surface area (TPSA) is 68.2 Å². The second-order valence-corrected chi connectivity index (χ2v) is 6.08. The van der Waals surface area contributed by atoms with E-state index in [-0.39, 0.29) is 11.4 Å². The summed E-state index contributed by atoms with van der Waals surface area (Å²) in [5, 5.41) is 3.82. The highest BCUT2D eigenvalue weighted by Crippen LogP contribution is 2.31. The average molecular weight is 376 g/mol. The molecule has 3 rings (SSSR count). The van der Waals surface area contributed by atoms with Gasteiger partial charge in [-0.15, -0.1) is 0 Å². The van der Waals surface area contributed by atoms with Crippen molar-refractivity contribution in [3.05, 3.63) is 71.6 Å². The number of aromatic nitrogens is 2. The molecule has 142 valence electrons. The Morgan fingerprint density at radius 1 is 1.00 bits per heavy atom. The van der Waals surface area contributed by atoms with Gasteiger partial charge in [0.05, 0.1) is 12.1 Å². The van der Waals surface area contributed by atoms with Crippen LogP contribution in [0.4, 0.5) is 13.2 Å². The number of nitrogens with zero attached hydrogens (tertiary/aromatic N) is 3. The minimum atomic E-state index is -4.42. The highest BCUT2D eigenvalue weighted by Gasteiger charge is 2.30. The van der Waals surface area contributed by atoms with Crippen molar-refractivity contribution in [1.29, 1.82) is 0 Å². The van der Waals surface area contributed by atoms with Gasteiger partial charge in [-0.1, -0.05) is 47.6 Å². The molecule has 1 heterocycles. The number of benzene rings is 2. The lowest BCUT2D eigenvalue weighted by molar-refractivity contribution is -0.137. The van der Waals surface area contributed by atoms with E-state index in [2.05, 4.69) is 10.1 Å². The summed E-state index contributed by atoms with van der Waals surface area (Å²) in [6.07, 6.45) is -4.42. The fraction of sp³-hybridized carbons (Fsp3) is 0.263. The first-order valence-corrected chi connectivity index (χ1v) is 8.42. The van der Waals surface area contributed by atoms with Gasteiger partial charge in [0.15, 0.2) is 0 Å². The van der Waals surface area contributed by atoms with Crippen LogP contribution in [0.25, 0.3) is 11.4 Å². The lowest BCUT2D eigenvalue weighted by Gasteiger charge is -2.19. The quantitative estimate of drug-likeness (QED) is 0.681. The molecule has 2 aromatic carbocycles. The summed E-state index contributed by atoms with van der Waals surface area (Å²) < 4.78 is 43.8. The van der Waals surface area contributed by atoms with Gasteiger partial charge < -0.3 is 10.3 Å². The van der Waals surface area contributed by atoms with E-state index in [0.29, 0.717) is 32.1 Å². The van der Waals surface area contributed by atoms with Crippen LogP contribution in [0.2, 0.25) is 0 Å². The van der Waals surface area contributed by atoms with Crippen LogP contribution in [0.5, 0.6) is 0 Å². The summed E-state index contributed by atoms with van der Waals surface area (Å²) in [4.78, 5) is 6.28. The van der Waals surface area contributed by atoms with Crippen LogP contribution < -0.4 is 5.73 Å². The molecule has 8 heteroatoms. The monoisotopic (exact) mass is 376 g/mol. The molecule has 2 N–H and O–H groups in total. The van der Waals surface area contributed by atoms with Gasteiger partial charge >= 0.3 is 6.18 Å². The largest absolute Gasteiger partial charge is 0.416 e. The maximum Gasteiger partial charge on any atom is 0.416 e. The molecule has 0 saturated heterocycles. The predicted octanol–water partition coefficient (Wildman–Crippen LogP) is 3.72. The molecule has 0 atom stereocenters. The molecule has 5 nitrogen and oxygen atoms in total. The second kappa shape index (κ2) is 8.32. The van der Waals surface area contributed by atoms with Crippen LogP contribution in [0, 0.1) is 0 Å². The molecule has 0 aliphatic carbocycles. The first-order chi connectivity index (χ1) is 13.0. The van der Waals surface area contributed by atoms with E-state index in [1.807, 2.05) is 35.2 Å². The molecule has 0 fully saturated rings. The smallest absolute Gasteiger partial charge is 0.338 e. The number of nitrogens with two attached hydrogens (primary N) is 1. The van der Waals surface area contributed by atoms with Crippen molar-refractivity contribution < 1.29 is 17.7 Å². The van der Waals surface area contributed by atoms with Gasteiger partial charge in [0.1, 0.15) is 0 Å². The molecular formula is C19H19F3N4O. The van der Waals surface area contributed by atoms with E-state index in [9.17, 15) is 13.2 Å². The van der Waals surface area contributed by atoms with Crippen molar-refractivity contribution in [2.45, 2.75) is 19.3 Å². The molecular weight excluding hydrogens is 357 g/mol. The van der Waals surface area contributed by atoms with Crippen molar-refractivity contribution in [2.24, 2.45) is 5.73 Å². The fourth-order valence-corrected chi connectivity index (χ4v) is 2.70. The van der Waals surface area contributed by atoms with Gasteiger partial charge in [0, 0.05) is 25.2 Å². The predicted molar refractivity (Wildman–Crippen MR) is 94.3 cm³/mol. The molecule has 0 bridgehead atoms. The Labute approximate surface area is 154 Å². The van der Waals surface area contributed by atoms with Crippen LogP contribution in [0.1, 0.15) is 17.0 Å². The third-order valence-corrected chi connectivity index (χ3v) is 3.97. The normalized spacial score (nSPS) is 11.9. The van der Waals surface area contributed by atoms with Crippen molar-refractivity contribution >= 4 is 0 Å². The molecule has 0 spiro atoms. The maximum atomic E-state index is 12.9. The zero-order valence-corrected chi connectivity index (χ0v) is 14.5. The number of hydrogen-bond acceptors (Lipinski definition) is 5. The third-order valence-electron chi connectivity index (χ3n) is 3.97. The van der Waals surface area contributed by atoms with Crippen LogP contribution in [0.15, 0.2) is 59.1 Å². The number of alkyl halides is 3. The standard InChI is InChI=1S/C19H19F3N4O/c20-19(21,22)16-8-4-7-15(11-16)18-24-17(27-25-18)13-26(10-9-23)12-14-5-2-1-3-6-14/h1-8,11H,9-10,12-13,23H2. The van der Waals surface area contributed by atoms with Gasteiger partial charge in [-0.25, -0.2) is 0 Å². The Morgan fingerprint density at radius 3 is 2.48 bits per heavy atom. The van der Waals surface area contributed by atoms with E-state index in [0.717, 1.165) is 17.7 Å². The van der Waals surface area contributed by atoms with Gasteiger partial charge in [-0.2, -0.15) is 18.2 Å². The van der Waals surface area contributed by atoms with E-state index in [1.54, 1.807) is 0 Å². The molecule has 3 aromatic rings. The summed E-state index contributed by atoms with van der Waals surface area (Å²) in [6.45, 7) is 2.09. The van der Waals surface area contributed by atoms with Gasteiger partial charge in [0.2, 0.25) is 11.7 Å². The maximum absolute atomic E-state index is 12.9. The summed E-state index contributed by atoms with van der Waals surface area (Å²) >= 11 is 0. The molecule has 27 heavy (non-hydrogen) atoms. The SMILES string of the molecule is NCCN(Cc1ccccc1)Cc1nc(-c2cccc(C(F)(F)F)c2)no1. The van der Waals surface area contributed by atoms with Crippen LogP contribution >= 0.6 is 0 Å². The summed E-state index contributed by atoms with van der Waals surface area (Å²) in [5.41, 5.74) is 6.30. The molecule has 0 radical (unpaired) electrons. The minimum absolute atomic E-state index is 0.128. The molecule has 0 aliphatic heterocycles.